The molecule has 116 valence electrons. The van der Waals surface area contributed by atoms with Crippen molar-refractivity contribution >= 4 is 11.0 Å². The van der Waals surface area contributed by atoms with Gasteiger partial charge in [0, 0.05) is 12.6 Å². The van der Waals surface area contributed by atoms with E-state index in [-0.39, 0.29) is 12.6 Å². The van der Waals surface area contributed by atoms with E-state index in [1.54, 1.807) is 0 Å². The average Bonchev–Trinajstić information content (AvgIpc) is 2.84. The molecule has 0 bridgehead atoms. The van der Waals surface area contributed by atoms with Gasteiger partial charge in [0.15, 0.2) is 0 Å². The fourth-order valence-corrected chi connectivity index (χ4v) is 2.56. The lowest BCUT2D eigenvalue weighted by atomic mass is 10.1. The minimum atomic E-state index is -0.0977. The summed E-state index contributed by atoms with van der Waals surface area (Å²) in [5, 5.41) is 9.30. The van der Waals surface area contributed by atoms with Gasteiger partial charge in [-0.25, -0.2) is 4.98 Å². The lowest BCUT2D eigenvalue weighted by Gasteiger charge is -2.13. The van der Waals surface area contributed by atoms with Gasteiger partial charge in [0.2, 0.25) is 0 Å². The summed E-state index contributed by atoms with van der Waals surface area (Å²) in [5.41, 5.74) is 8.14. The summed E-state index contributed by atoms with van der Waals surface area (Å²) >= 11 is 0. The molecule has 3 N–H and O–H groups in total. The third-order valence-corrected chi connectivity index (χ3v) is 3.58. The lowest BCUT2D eigenvalue weighted by Crippen LogP contribution is -2.17. The van der Waals surface area contributed by atoms with Crippen LogP contribution in [0.15, 0.2) is 18.2 Å². The summed E-state index contributed by atoms with van der Waals surface area (Å²) in [7, 11) is 0. The van der Waals surface area contributed by atoms with Crippen LogP contribution in [0.1, 0.15) is 45.0 Å². The molecule has 1 atom stereocenters. The lowest BCUT2D eigenvalue weighted by molar-refractivity contribution is 0.274. The molecule has 0 saturated carbocycles. The second-order valence-corrected chi connectivity index (χ2v) is 5.18. The predicted molar refractivity (Wildman–Crippen MR) is 84.4 cm³/mol. The van der Waals surface area contributed by atoms with Crippen molar-refractivity contribution < 1.29 is 9.84 Å². The van der Waals surface area contributed by atoms with Gasteiger partial charge in [-0.15, -0.1) is 0 Å². The molecule has 1 unspecified atom stereocenters. The van der Waals surface area contributed by atoms with Crippen LogP contribution in [0, 0.1) is 0 Å². The van der Waals surface area contributed by atoms with E-state index in [1.807, 2.05) is 29.7 Å². The fourth-order valence-electron chi connectivity index (χ4n) is 2.56. The molecule has 2 aromatic rings. The van der Waals surface area contributed by atoms with Crippen LogP contribution >= 0.6 is 0 Å². The van der Waals surface area contributed by atoms with E-state index in [9.17, 15) is 5.11 Å². The number of rotatable bonds is 8. The van der Waals surface area contributed by atoms with Crippen molar-refractivity contribution in [3.63, 3.8) is 0 Å². The summed E-state index contributed by atoms with van der Waals surface area (Å²) in [6.07, 6.45) is 3.10. The molecule has 0 saturated heterocycles. The Balaban J connectivity index is 2.40. The van der Waals surface area contributed by atoms with E-state index in [0.29, 0.717) is 13.2 Å². The highest BCUT2D eigenvalue weighted by molar-refractivity contribution is 5.78. The largest absolute Gasteiger partial charge is 0.494 e. The van der Waals surface area contributed by atoms with Gasteiger partial charge in [-0.2, -0.15) is 0 Å². The van der Waals surface area contributed by atoms with Crippen LogP contribution in [0.25, 0.3) is 11.0 Å². The number of ether oxygens (including phenoxy) is 1. The highest BCUT2D eigenvalue weighted by atomic mass is 16.5. The molecule has 0 aliphatic carbocycles. The molecule has 0 radical (unpaired) electrons. The molecule has 2 rings (SSSR count). The van der Waals surface area contributed by atoms with Crippen LogP contribution in [-0.2, 0) is 6.54 Å². The number of aliphatic hydroxyl groups is 1. The highest BCUT2D eigenvalue weighted by Crippen LogP contribution is 2.26. The Morgan fingerprint density at radius 2 is 2.19 bits per heavy atom. The minimum absolute atomic E-state index is 0.0756. The number of nitrogens with two attached hydrogens (primary N) is 1. The van der Waals surface area contributed by atoms with Crippen LogP contribution in [0.3, 0.4) is 0 Å². The Morgan fingerprint density at radius 1 is 1.38 bits per heavy atom. The molecule has 21 heavy (non-hydrogen) atoms. The zero-order valence-electron chi connectivity index (χ0n) is 12.9. The summed E-state index contributed by atoms with van der Waals surface area (Å²) in [4.78, 5) is 4.67. The first-order valence-corrected chi connectivity index (χ1v) is 7.70. The summed E-state index contributed by atoms with van der Waals surface area (Å²) in [6.45, 7) is 5.33. The second-order valence-electron chi connectivity index (χ2n) is 5.18. The molecule has 0 fully saturated rings. The number of benzene rings is 1. The van der Waals surface area contributed by atoms with Crippen molar-refractivity contribution in [1.82, 2.24) is 9.55 Å². The number of aliphatic hydroxyl groups excluding tert-OH is 1. The maximum absolute atomic E-state index is 9.30. The van der Waals surface area contributed by atoms with E-state index >= 15 is 0 Å². The van der Waals surface area contributed by atoms with Gasteiger partial charge in [0.1, 0.15) is 11.6 Å². The second kappa shape index (κ2) is 7.43. The van der Waals surface area contributed by atoms with Crippen LogP contribution in [-0.4, -0.2) is 27.9 Å². The fraction of sp³-hybridized carbons (Fsp3) is 0.562. The molecule has 5 heteroatoms. The topological polar surface area (TPSA) is 73.3 Å². The number of fused-ring (bicyclic) bond motifs is 1. The molecule has 0 spiro atoms. The molecule has 1 heterocycles. The van der Waals surface area contributed by atoms with Crippen LogP contribution in [0.2, 0.25) is 0 Å². The third kappa shape index (κ3) is 3.54. The molecule has 0 aliphatic rings. The maximum atomic E-state index is 9.30. The van der Waals surface area contributed by atoms with E-state index < -0.39 is 0 Å². The Bertz CT molecular complexity index is 580. The van der Waals surface area contributed by atoms with Gasteiger partial charge in [-0.3, -0.25) is 0 Å². The van der Waals surface area contributed by atoms with E-state index in [0.717, 1.165) is 41.9 Å². The van der Waals surface area contributed by atoms with Crippen molar-refractivity contribution in [3.8, 4) is 5.75 Å². The first kappa shape index (κ1) is 15.8. The van der Waals surface area contributed by atoms with E-state index in [1.165, 1.54) is 0 Å². The predicted octanol–water partition coefficient (Wildman–Crippen LogP) is 2.62. The zero-order valence-corrected chi connectivity index (χ0v) is 12.9. The van der Waals surface area contributed by atoms with Crippen LogP contribution < -0.4 is 10.5 Å². The summed E-state index contributed by atoms with van der Waals surface area (Å²) in [5.74, 6) is 1.66. The Hall–Kier alpha value is -1.59. The standard InChI is InChI=1S/C16H25N3O2/c1-3-5-6-13(17)16-18-14-11-12(21-4-2)7-8-15(14)19(16)9-10-20/h7-8,11,13,20H,3-6,9-10,17H2,1-2H3. The first-order valence-electron chi connectivity index (χ1n) is 7.70. The van der Waals surface area contributed by atoms with Gasteiger partial charge in [-0.1, -0.05) is 19.8 Å². The third-order valence-electron chi connectivity index (χ3n) is 3.58. The van der Waals surface area contributed by atoms with Crippen LogP contribution in [0.5, 0.6) is 5.75 Å². The van der Waals surface area contributed by atoms with Gasteiger partial charge < -0.3 is 20.1 Å². The Kier molecular flexibility index (Phi) is 5.59. The SMILES string of the molecule is CCCCC(N)c1nc2cc(OCC)ccc2n1CCO. The molecular weight excluding hydrogens is 266 g/mol. The van der Waals surface area contributed by atoms with Gasteiger partial charge >= 0.3 is 0 Å². The average molecular weight is 291 g/mol. The molecule has 0 amide bonds. The van der Waals surface area contributed by atoms with Gasteiger partial charge in [-0.05, 0) is 25.5 Å². The van der Waals surface area contributed by atoms with Crippen molar-refractivity contribution in [1.29, 1.82) is 0 Å². The van der Waals surface area contributed by atoms with E-state index in [2.05, 4.69) is 11.9 Å². The van der Waals surface area contributed by atoms with Crippen molar-refractivity contribution in [3.05, 3.63) is 24.0 Å². The molecule has 1 aromatic carbocycles. The number of aromatic nitrogens is 2. The number of hydrogen-bond donors (Lipinski definition) is 2. The van der Waals surface area contributed by atoms with E-state index in [4.69, 9.17) is 10.5 Å². The van der Waals surface area contributed by atoms with Gasteiger partial charge in [0.25, 0.3) is 0 Å². The molecule has 1 aromatic heterocycles. The van der Waals surface area contributed by atoms with Crippen LogP contribution in [0.4, 0.5) is 0 Å². The highest BCUT2D eigenvalue weighted by Gasteiger charge is 2.17. The molecule has 5 nitrogen and oxygen atoms in total. The smallest absolute Gasteiger partial charge is 0.126 e. The quantitative estimate of drug-likeness (QED) is 0.784. The number of hydrogen-bond acceptors (Lipinski definition) is 4. The zero-order chi connectivity index (χ0) is 15.2. The van der Waals surface area contributed by atoms with Crippen molar-refractivity contribution in [2.24, 2.45) is 5.73 Å². The molecule has 0 aliphatic heterocycles. The van der Waals surface area contributed by atoms with Gasteiger partial charge in [0.05, 0.1) is 30.3 Å². The minimum Gasteiger partial charge on any atom is -0.494 e. The van der Waals surface area contributed by atoms with Crippen molar-refractivity contribution in [2.75, 3.05) is 13.2 Å². The monoisotopic (exact) mass is 291 g/mol. The first-order chi connectivity index (χ1) is 10.2. The molecular formula is C16H25N3O2. The summed E-state index contributed by atoms with van der Waals surface area (Å²) in [6, 6.07) is 5.75. The Morgan fingerprint density at radius 3 is 2.86 bits per heavy atom. The number of unbranched alkanes of at least 4 members (excludes halogenated alkanes) is 1. The maximum Gasteiger partial charge on any atom is 0.126 e. The number of imidazole rings is 1. The van der Waals surface area contributed by atoms with Crippen molar-refractivity contribution in [2.45, 2.75) is 45.7 Å². The Labute approximate surface area is 125 Å². The number of nitrogens with zero attached hydrogens (tertiary/aromatic N) is 2. The summed E-state index contributed by atoms with van der Waals surface area (Å²) < 4.78 is 7.54. The normalized spacial score (nSPS) is 12.8.